The van der Waals surface area contributed by atoms with Gasteiger partial charge in [0, 0.05) is 70.6 Å². The van der Waals surface area contributed by atoms with Crippen LogP contribution in [0.25, 0.3) is 11.4 Å². The molecule has 2 unspecified atom stereocenters. The number of benzene rings is 1. The van der Waals surface area contributed by atoms with E-state index in [0.29, 0.717) is 30.5 Å². The van der Waals surface area contributed by atoms with Gasteiger partial charge in [-0.15, -0.1) is 0 Å². The van der Waals surface area contributed by atoms with Gasteiger partial charge in [-0.3, -0.25) is 4.79 Å². The third kappa shape index (κ3) is 3.63. The van der Waals surface area contributed by atoms with Gasteiger partial charge in [0.25, 0.3) is 5.91 Å². The number of carbonyl (C=O) groups excluding carboxylic acids is 1. The number of likely N-dealkylation sites (tertiary alicyclic amines) is 1. The second-order valence-electron chi connectivity index (χ2n) is 8.50. The largest absolute Gasteiger partial charge is 0.363 e. The summed E-state index contributed by atoms with van der Waals surface area (Å²) in [5.74, 6) is 2.02. The van der Waals surface area contributed by atoms with Crippen molar-refractivity contribution in [1.29, 1.82) is 0 Å². The van der Waals surface area contributed by atoms with E-state index in [4.69, 9.17) is 0 Å². The number of rotatable bonds is 4. The summed E-state index contributed by atoms with van der Waals surface area (Å²) in [6, 6.07) is 8.20. The Labute approximate surface area is 185 Å². The Kier molecular flexibility index (Phi) is 5.16. The van der Waals surface area contributed by atoms with E-state index in [-0.39, 0.29) is 17.3 Å². The van der Waals surface area contributed by atoms with E-state index in [1.165, 1.54) is 6.07 Å². The van der Waals surface area contributed by atoms with Gasteiger partial charge in [-0.25, -0.2) is 24.3 Å². The zero-order valence-electron chi connectivity index (χ0n) is 18.0. The first kappa shape index (κ1) is 20.3. The molecule has 0 bridgehead atoms. The number of aromatic nitrogens is 4. The van der Waals surface area contributed by atoms with Gasteiger partial charge in [0.15, 0.2) is 5.82 Å². The van der Waals surface area contributed by atoms with Crippen LogP contribution in [0.4, 0.5) is 16.0 Å². The second kappa shape index (κ2) is 8.14. The Morgan fingerprint density at radius 1 is 1.00 bits per heavy atom. The minimum absolute atomic E-state index is 0.161. The lowest BCUT2D eigenvalue weighted by molar-refractivity contribution is 0.0783. The molecule has 8 nitrogen and oxygen atoms in total. The smallest absolute Gasteiger partial charge is 0.254 e. The maximum Gasteiger partial charge on any atom is 0.254 e. The molecule has 9 heteroatoms. The molecule has 0 aliphatic carbocycles. The molecule has 0 spiro atoms. The Hall–Kier alpha value is -3.62. The van der Waals surface area contributed by atoms with Crippen molar-refractivity contribution in [2.24, 2.45) is 11.8 Å². The van der Waals surface area contributed by atoms with Crippen LogP contribution < -0.4 is 9.80 Å². The van der Waals surface area contributed by atoms with Gasteiger partial charge < -0.3 is 14.7 Å². The monoisotopic (exact) mass is 433 g/mol. The molecule has 1 amide bonds. The Bertz CT molecular complexity index is 1130. The second-order valence-corrected chi connectivity index (χ2v) is 8.50. The van der Waals surface area contributed by atoms with Crippen molar-refractivity contribution in [3.63, 3.8) is 0 Å². The summed E-state index contributed by atoms with van der Waals surface area (Å²) < 4.78 is 14.7. The highest BCUT2D eigenvalue weighted by molar-refractivity contribution is 6.00. The van der Waals surface area contributed by atoms with E-state index in [9.17, 15) is 9.18 Å². The summed E-state index contributed by atoms with van der Waals surface area (Å²) in [5.41, 5.74) is 0.466. The minimum Gasteiger partial charge on any atom is -0.363 e. The molecule has 2 atom stereocenters. The van der Waals surface area contributed by atoms with Gasteiger partial charge in [-0.2, -0.15) is 0 Å². The fraction of sp³-hybridized carbons (Fsp3) is 0.348. The summed E-state index contributed by atoms with van der Waals surface area (Å²) in [5, 5.41) is 0. The summed E-state index contributed by atoms with van der Waals surface area (Å²) in [6.07, 6.45) is 4.69. The number of anilines is 2. The number of halogens is 1. The number of hydrogen-bond acceptors (Lipinski definition) is 7. The van der Waals surface area contributed by atoms with Crippen LogP contribution >= 0.6 is 0 Å². The predicted molar refractivity (Wildman–Crippen MR) is 119 cm³/mol. The van der Waals surface area contributed by atoms with Crippen LogP contribution in [0.2, 0.25) is 0 Å². The first-order valence-electron chi connectivity index (χ1n) is 10.6. The van der Waals surface area contributed by atoms with Crippen molar-refractivity contribution >= 4 is 17.5 Å². The van der Waals surface area contributed by atoms with Crippen molar-refractivity contribution in [3.8, 4) is 11.4 Å². The van der Waals surface area contributed by atoms with Crippen LogP contribution in [0.3, 0.4) is 0 Å². The van der Waals surface area contributed by atoms with E-state index in [2.05, 4.69) is 24.8 Å². The van der Waals surface area contributed by atoms with E-state index in [1.54, 1.807) is 36.9 Å². The lowest BCUT2D eigenvalue weighted by Crippen LogP contribution is -2.34. The van der Waals surface area contributed by atoms with Gasteiger partial charge in [-0.05, 0) is 18.2 Å². The first-order valence-corrected chi connectivity index (χ1v) is 10.6. The normalized spacial score (nSPS) is 19.8. The predicted octanol–water partition coefficient (Wildman–Crippen LogP) is 2.35. The van der Waals surface area contributed by atoms with Crippen LogP contribution in [0.1, 0.15) is 10.4 Å². The molecule has 2 aliphatic heterocycles. The molecule has 0 N–H and O–H groups in total. The van der Waals surface area contributed by atoms with Crippen LogP contribution in [-0.2, 0) is 0 Å². The van der Waals surface area contributed by atoms with Crippen molar-refractivity contribution in [3.05, 3.63) is 60.4 Å². The molecule has 4 heterocycles. The SMILES string of the molecule is CN(C)c1cc(N2CC3CN(C(=O)c4cccc(F)c4-c4ncccn4)CC3C2)ncn1. The zero-order valence-corrected chi connectivity index (χ0v) is 18.0. The summed E-state index contributed by atoms with van der Waals surface area (Å²) in [7, 11) is 3.91. The number of nitrogens with zero attached hydrogens (tertiary/aromatic N) is 7. The fourth-order valence-electron chi connectivity index (χ4n) is 4.63. The summed E-state index contributed by atoms with van der Waals surface area (Å²) >= 11 is 0. The minimum atomic E-state index is -0.493. The molecule has 164 valence electrons. The molecule has 32 heavy (non-hydrogen) atoms. The molecule has 2 fully saturated rings. The zero-order chi connectivity index (χ0) is 22.2. The van der Waals surface area contributed by atoms with E-state index < -0.39 is 5.82 Å². The van der Waals surface area contributed by atoms with Gasteiger partial charge in [-0.1, -0.05) is 6.07 Å². The van der Waals surface area contributed by atoms with Crippen LogP contribution in [0, 0.1) is 17.7 Å². The third-order valence-corrected chi connectivity index (χ3v) is 6.23. The molecule has 3 aromatic rings. The molecular weight excluding hydrogens is 409 g/mol. The van der Waals surface area contributed by atoms with Crippen LogP contribution in [0.15, 0.2) is 49.1 Å². The average molecular weight is 433 g/mol. The van der Waals surface area contributed by atoms with Crippen LogP contribution in [0.5, 0.6) is 0 Å². The quantitative estimate of drug-likeness (QED) is 0.625. The number of fused-ring (bicyclic) bond motifs is 1. The number of hydrogen-bond donors (Lipinski definition) is 0. The maximum absolute atomic E-state index is 14.7. The molecule has 0 saturated carbocycles. The molecule has 5 rings (SSSR count). The van der Waals surface area contributed by atoms with Crippen molar-refractivity contribution < 1.29 is 9.18 Å². The summed E-state index contributed by atoms with van der Waals surface area (Å²) in [4.78, 5) is 36.4. The average Bonchev–Trinajstić information content (AvgIpc) is 3.39. The first-order chi connectivity index (χ1) is 15.5. The standard InChI is InChI=1S/C23H24FN7O/c1-29(2)19-9-20(28-14-27-19)30-10-15-12-31(13-16(15)11-30)23(32)17-5-3-6-18(24)21(17)22-25-7-4-8-26-22/h3-9,14-16H,10-13H2,1-2H3. The summed E-state index contributed by atoms with van der Waals surface area (Å²) in [6.45, 7) is 2.93. The third-order valence-electron chi connectivity index (χ3n) is 6.23. The Morgan fingerprint density at radius 2 is 1.72 bits per heavy atom. The van der Waals surface area contributed by atoms with Gasteiger partial charge in [0.2, 0.25) is 0 Å². The van der Waals surface area contributed by atoms with Crippen molar-refractivity contribution in [1.82, 2.24) is 24.8 Å². The lowest BCUT2D eigenvalue weighted by atomic mass is 10.0. The van der Waals surface area contributed by atoms with E-state index in [1.807, 2.05) is 30.0 Å². The van der Waals surface area contributed by atoms with Crippen molar-refractivity contribution in [2.45, 2.75) is 0 Å². The van der Waals surface area contributed by atoms with E-state index in [0.717, 1.165) is 24.7 Å². The van der Waals surface area contributed by atoms with E-state index >= 15 is 0 Å². The van der Waals surface area contributed by atoms with Crippen molar-refractivity contribution in [2.75, 3.05) is 50.1 Å². The Balaban J connectivity index is 1.33. The number of amides is 1. The fourth-order valence-corrected chi connectivity index (χ4v) is 4.63. The molecule has 2 aromatic heterocycles. The molecule has 2 saturated heterocycles. The van der Waals surface area contributed by atoms with Gasteiger partial charge in [0.1, 0.15) is 23.8 Å². The highest BCUT2D eigenvalue weighted by Gasteiger charge is 2.42. The highest BCUT2D eigenvalue weighted by Crippen LogP contribution is 2.35. The lowest BCUT2D eigenvalue weighted by Gasteiger charge is -2.24. The Morgan fingerprint density at radius 3 is 2.41 bits per heavy atom. The molecule has 2 aliphatic rings. The van der Waals surface area contributed by atoms with Gasteiger partial charge >= 0.3 is 0 Å². The van der Waals surface area contributed by atoms with Crippen LogP contribution in [-0.4, -0.2) is 71.0 Å². The highest BCUT2D eigenvalue weighted by atomic mass is 19.1. The molecule has 0 radical (unpaired) electrons. The maximum atomic E-state index is 14.7. The topological polar surface area (TPSA) is 78.4 Å². The molecular formula is C23H24FN7O. The molecule has 1 aromatic carbocycles. The number of carbonyl (C=O) groups is 1. The van der Waals surface area contributed by atoms with Gasteiger partial charge in [0.05, 0.1) is 11.1 Å².